The number of carbonyl (C=O) groups excluding carboxylic acids is 1. The number of hydrogen-bond acceptors (Lipinski definition) is 6. The molecule has 4 rings (SSSR count). The van der Waals surface area contributed by atoms with Crippen molar-refractivity contribution in [3.8, 4) is 17.4 Å². The van der Waals surface area contributed by atoms with Crippen molar-refractivity contribution in [2.24, 2.45) is 0 Å². The first-order valence-corrected chi connectivity index (χ1v) is 10.2. The molecular formula is C23H24N6O2. The number of amides is 1. The maximum absolute atomic E-state index is 13.4. The Morgan fingerprint density at radius 3 is 2.65 bits per heavy atom. The van der Waals surface area contributed by atoms with Crippen LogP contribution in [0, 0.1) is 0 Å². The predicted octanol–water partition coefficient (Wildman–Crippen LogP) is 4.10. The molecule has 0 fully saturated rings. The minimum Gasteiger partial charge on any atom is -0.463 e. The van der Waals surface area contributed by atoms with E-state index in [1.807, 2.05) is 45.0 Å². The molecule has 31 heavy (non-hydrogen) atoms. The molecule has 0 saturated heterocycles. The highest BCUT2D eigenvalue weighted by Gasteiger charge is 2.25. The summed E-state index contributed by atoms with van der Waals surface area (Å²) in [5.74, 6) is 1.01. The molecule has 0 aliphatic carbocycles. The van der Waals surface area contributed by atoms with Gasteiger partial charge in [0.15, 0.2) is 5.76 Å². The maximum atomic E-state index is 13.4. The third-order valence-electron chi connectivity index (χ3n) is 4.98. The topological polar surface area (TPSA) is 89.9 Å². The van der Waals surface area contributed by atoms with E-state index in [4.69, 9.17) is 4.42 Å². The Morgan fingerprint density at radius 2 is 1.97 bits per heavy atom. The van der Waals surface area contributed by atoms with E-state index < -0.39 is 0 Å². The molecule has 4 heterocycles. The van der Waals surface area contributed by atoms with Crippen LogP contribution in [0.25, 0.3) is 17.4 Å². The Kier molecular flexibility index (Phi) is 5.88. The number of furan rings is 1. The molecule has 158 valence electrons. The zero-order chi connectivity index (χ0) is 21.8. The van der Waals surface area contributed by atoms with E-state index in [9.17, 15) is 4.79 Å². The van der Waals surface area contributed by atoms with Crippen LogP contribution in [0.15, 0.2) is 65.8 Å². The fourth-order valence-electron chi connectivity index (χ4n) is 3.46. The van der Waals surface area contributed by atoms with Gasteiger partial charge in [-0.15, -0.1) is 0 Å². The van der Waals surface area contributed by atoms with E-state index in [-0.39, 0.29) is 11.8 Å². The lowest BCUT2D eigenvalue weighted by atomic mass is 10.0. The summed E-state index contributed by atoms with van der Waals surface area (Å²) in [4.78, 5) is 28.2. The number of hydrogen-bond donors (Lipinski definition) is 0. The largest absolute Gasteiger partial charge is 0.463 e. The van der Waals surface area contributed by atoms with Gasteiger partial charge in [0.25, 0.3) is 11.9 Å². The van der Waals surface area contributed by atoms with Gasteiger partial charge in [0, 0.05) is 31.7 Å². The van der Waals surface area contributed by atoms with E-state index >= 15 is 0 Å². The second-order valence-electron chi connectivity index (χ2n) is 7.40. The number of pyridine rings is 1. The SMILES string of the molecule is CCN(Cc1ccncc1)C(=O)c1cnn(-c2nccc(-c3ccco3)n2)c1C(C)C. The lowest BCUT2D eigenvalue weighted by Gasteiger charge is -2.22. The third kappa shape index (κ3) is 4.23. The summed E-state index contributed by atoms with van der Waals surface area (Å²) in [6.45, 7) is 7.10. The molecule has 4 aromatic heterocycles. The molecule has 0 atom stereocenters. The van der Waals surface area contributed by atoms with Gasteiger partial charge in [0.2, 0.25) is 0 Å². The Morgan fingerprint density at radius 1 is 1.16 bits per heavy atom. The molecule has 0 radical (unpaired) electrons. The van der Waals surface area contributed by atoms with Gasteiger partial charge in [-0.25, -0.2) is 14.6 Å². The predicted molar refractivity (Wildman–Crippen MR) is 116 cm³/mol. The maximum Gasteiger partial charge on any atom is 0.257 e. The van der Waals surface area contributed by atoms with Gasteiger partial charge < -0.3 is 9.32 Å². The van der Waals surface area contributed by atoms with Crippen LogP contribution in [0.1, 0.15) is 48.3 Å². The molecule has 0 N–H and O–H groups in total. The molecule has 0 aliphatic rings. The zero-order valence-corrected chi connectivity index (χ0v) is 17.8. The number of carbonyl (C=O) groups is 1. The van der Waals surface area contributed by atoms with Crippen LogP contribution in [0.5, 0.6) is 0 Å². The van der Waals surface area contributed by atoms with Crippen molar-refractivity contribution in [1.82, 2.24) is 29.6 Å². The van der Waals surface area contributed by atoms with Gasteiger partial charge in [-0.05, 0) is 48.7 Å². The van der Waals surface area contributed by atoms with E-state index in [1.54, 1.807) is 46.7 Å². The van der Waals surface area contributed by atoms with Gasteiger partial charge in [0.1, 0.15) is 5.69 Å². The van der Waals surface area contributed by atoms with Crippen LogP contribution in [0.2, 0.25) is 0 Å². The summed E-state index contributed by atoms with van der Waals surface area (Å²) in [5.41, 5.74) is 3.01. The van der Waals surface area contributed by atoms with Crippen molar-refractivity contribution in [2.45, 2.75) is 33.2 Å². The number of aromatic nitrogens is 5. The first-order valence-electron chi connectivity index (χ1n) is 10.2. The van der Waals surface area contributed by atoms with E-state index in [2.05, 4.69) is 20.1 Å². The first-order chi connectivity index (χ1) is 15.1. The molecule has 8 heteroatoms. The van der Waals surface area contributed by atoms with Crippen molar-refractivity contribution in [3.63, 3.8) is 0 Å². The summed E-state index contributed by atoms with van der Waals surface area (Å²) in [6.07, 6.45) is 8.33. The summed E-state index contributed by atoms with van der Waals surface area (Å²) in [5, 5.41) is 4.48. The minimum atomic E-state index is -0.0727. The third-order valence-corrected chi connectivity index (χ3v) is 4.98. The average molecular weight is 416 g/mol. The molecule has 4 aromatic rings. The van der Waals surface area contributed by atoms with Gasteiger partial charge in [-0.3, -0.25) is 9.78 Å². The fraction of sp³-hybridized carbons (Fsp3) is 0.261. The van der Waals surface area contributed by atoms with Crippen molar-refractivity contribution < 1.29 is 9.21 Å². The highest BCUT2D eigenvalue weighted by Crippen LogP contribution is 2.25. The van der Waals surface area contributed by atoms with Gasteiger partial charge in [-0.1, -0.05) is 13.8 Å². The van der Waals surface area contributed by atoms with Crippen LogP contribution < -0.4 is 0 Å². The molecule has 8 nitrogen and oxygen atoms in total. The van der Waals surface area contributed by atoms with Gasteiger partial charge in [-0.2, -0.15) is 5.10 Å². The molecule has 0 unspecified atom stereocenters. The highest BCUT2D eigenvalue weighted by atomic mass is 16.3. The van der Waals surface area contributed by atoms with E-state index in [0.29, 0.717) is 36.1 Å². The summed E-state index contributed by atoms with van der Waals surface area (Å²) >= 11 is 0. The van der Waals surface area contributed by atoms with Gasteiger partial charge in [0.05, 0.1) is 23.7 Å². The molecule has 0 bridgehead atoms. The Labute approximate surface area is 180 Å². The zero-order valence-electron chi connectivity index (χ0n) is 17.8. The lowest BCUT2D eigenvalue weighted by Crippen LogP contribution is -2.31. The second kappa shape index (κ2) is 8.91. The molecule has 0 aliphatic heterocycles. The summed E-state index contributed by atoms with van der Waals surface area (Å²) in [7, 11) is 0. The molecule has 0 spiro atoms. The van der Waals surface area contributed by atoms with Crippen molar-refractivity contribution >= 4 is 5.91 Å². The first kappa shape index (κ1) is 20.5. The normalized spacial score (nSPS) is 11.1. The molecular weight excluding hydrogens is 392 g/mol. The van der Waals surface area contributed by atoms with Crippen molar-refractivity contribution in [3.05, 3.63) is 78.2 Å². The van der Waals surface area contributed by atoms with Crippen LogP contribution >= 0.6 is 0 Å². The Hall–Kier alpha value is -3.81. The van der Waals surface area contributed by atoms with E-state index in [0.717, 1.165) is 11.3 Å². The molecule has 1 amide bonds. The summed E-state index contributed by atoms with van der Waals surface area (Å²) < 4.78 is 7.09. The Bertz CT molecular complexity index is 1150. The van der Waals surface area contributed by atoms with Gasteiger partial charge >= 0.3 is 0 Å². The van der Waals surface area contributed by atoms with Crippen LogP contribution in [0.4, 0.5) is 0 Å². The van der Waals surface area contributed by atoms with Crippen LogP contribution in [-0.2, 0) is 6.54 Å². The minimum absolute atomic E-state index is 0.0388. The molecule has 0 saturated carbocycles. The van der Waals surface area contributed by atoms with Crippen LogP contribution in [0.3, 0.4) is 0 Å². The standard InChI is InChI=1S/C23H24N6O2/c1-4-28(15-17-7-10-24-11-8-17)22(30)18-14-26-29(21(18)16(2)3)23-25-12-9-19(27-23)20-6-5-13-31-20/h5-14,16H,4,15H2,1-3H3. The number of rotatable bonds is 7. The fourth-order valence-corrected chi connectivity index (χ4v) is 3.46. The van der Waals surface area contributed by atoms with Crippen molar-refractivity contribution in [2.75, 3.05) is 6.54 Å². The van der Waals surface area contributed by atoms with Crippen molar-refractivity contribution in [1.29, 1.82) is 0 Å². The summed E-state index contributed by atoms with van der Waals surface area (Å²) in [6, 6.07) is 9.25. The number of nitrogens with zero attached hydrogens (tertiary/aromatic N) is 6. The quantitative estimate of drug-likeness (QED) is 0.450. The highest BCUT2D eigenvalue weighted by molar-refractivity contribution is 5.95. The lowest BCUT2D eigenvalue weighted by molar-refractivity contribution is 0.0751. The average Bonchev–Trinajstić information content (AvgIpc) is 3.48. The second-order valence-corrected chi connectivity index (χ2v) is 7.40. The van der Waals surface area contributed by atoms with Crippen LogP contribution in [-0.4, -0.2) is 42.1 Å². The Balaban J connectivity index is 1.69. The monoisotopic (exact) mass is 416 g/mol. The van der Waals surface area contributed by atoms with E-state index in [1.165, 1.54) is 0 Å². The molecule has 0 aromatic carbocycles. The smallest absolute Gasteiger partial charge is 0.257 e.